The van der Waals surface area contributed by atoms with Crippen molar-refractivity contribution in [2.45, 2.75) is 44.7 Å². The molecule has 0 aromatic rings. The Hall–Kier alpha value is -1.16. The van der Waals surface area contributed by atoms with Gasteiger partial charge >= 0.3 is 0 Å². The maximum absolute atomic E-state index is 11.4. The summed E-state index contributed by atoms with van der Waals surface area (Å²) >= 11 is 0. The molecule has 2 unspecified atom stereocenters. The largest absolute Gasteiger partial charge is 0.303 e. The van der Waals surface area contributed by atoms with Gasteiger partial charge in [0.05, 0.1) is 6.04 Å². The maximum atomic E-state index is 11.4. The topological polar surface area (TPSA) is 58.2 Å². The van der Waals surface area contributed by atoms with E-state index in [9.17, 15) is 9.59 Å². The molecular weight excluding hydrogens is 192 g/mol. The van der Waals surface area contributed by atoms with Crippen LogP contribution in [0.25, 0.3) is 0 Å². The monoisotopic (exact) mass is 210 g/mol. The van der Waals surface area contributed by atoms with Crippen LogP contribution in [0.2, 0.25) is 0 Å². The summed E-state index contributed by atoms with van der Waals surface area (Å²) in [6, 6.07) is 0.0504. The van der Waals surface area contributed by atoms with Crippen molar-refractivity contribution in [2.75, 3.05) is 0 Å². The number of piperidine rings is 1. The van der Waals surface area contributed by atoms with E-state index in [4.69, 9.17) is 0 Å². The first-order valence-corrected chi connectivity index (χ1v) is 5.34. The van der Waals surface area contributed by atoms with E-state index < -0.39 is 0 Å². The van der Waals surface area contributed by atoms with E-state index in [0.29, 0.717) is 12.8 Å². The number of nitrogens with one attached hydrogen (secondary N) is 2. The zero-order chi connectivity index (χ0) is 11.3. The first-order chi connectivity index (χ1) is 7.13. The molecule has 0 bridgehead atoms. The van der Waals surface area contributed by atoms with E-state index in [1.807, 2.05) is 13.0 Å². The Morgan fingerprint density at radius 3 is 3.00 bits per heavy atom. The molecule has 4 nitrogen and oxygen atoms in total. The summed E-state index contributed by atoms with van der Waals surface area (Å²) in [4.78, 5) is 22.3. The molecule has 1 fully saturated rings. The number of rotatable bonds is 5. The Morgan fingerprint density at radius 1 is 1.67 bits per heavy atom. The molecule has 1 saturated heterocycles. The Balaban J connectivity index is 2.34. The van der Waals surface area contributed by atoms with Gasteiger partial charge in [0, 0.05) is 12.5 Å². The quantitative estimate of drug-likeness (QED) is 0.519. The molecular formula is C11H18N2O2. The molecule has 0 aromatic carbocycles. The van der Waals surface area contributed by atoms with Gasteiger partial charge < -0.3 is 5.32 Å². The van der Waals surface area contributed by atoms with Crippen LogP contribution in [0.4, 0.5) is 0 Å². The highest BCUT2D eigenvalue weighted by Crippen LogP contribution is 2.07. The molecule has 0 spiro atoms. The second kappa shape index (κ2) is 5.66. The van der Waals surface area contributed by atoms with Crippen molar-refractivity contribution in [2.24, 2.45) is 0 Å². The van der Waals surface area contributed by atoms with Crippen LogP contribution in [-0.2, 0) is 9.59 Å². The predicted octanol–water partition coefficient (Wildman–Crippen LogP) is 0.736. The molecule has 0 radical (unpaired) electrons. The summed E-state index contributed by atoms with van der Waals surface area (Å²) < 4.78 is 0. The molecule has 2 atom stereocenters. The Bertz CT molecular complexity index is 263. The lowest BCUT2D eigenvalue weighted by atomic mass is 10.0. The summed E-state index contributed by atoms with van der Waals surface area (Å²) in [6.45, 7) is 5.69. The van der Waals surface area contributed by atoms with Crippen LogP contribution in [0.5, 0.6) is 0 Å². The van der Waals surface area contributed by atoms with Crippen molar-refractivity contribution in [3.8, 4) is 0 Å². The van der Waals surface area contributed by atoms with Gasteiger partial charge in [-0.2, -0.15) is 0 Å². The summed E-state index contributed by atoms with van der Waals surface area (Å²) in [7, 11) is 0. The van der Waals surface area contributed by atoms with Gasteiger partial charge in [-0.05, 0) is 26.2 Å². The summed E-state index contributed by atoms with van der Waals surface area (Å²) in [5, 5.41) is 5.54. The molecule has 0 aliphatic carbocycles. The number of carbonyl (C=O) groups is 2. The minimum absolute atomic E-state index is 0.170. The van der Waals surface area contributed by atoms with Crippen molar-refractivity contribution >= 4 is 11.8 Å². The van der Waals surface area contributed by atoms with E-state index in [0.717, 1.165) is 12.8 Å². The molecule has 0 saturated carbocycles. The van der Waals surface area contributed by atoms with Crippen LogP contribution in [0.3, 0.4) is 0 Å². The first-order valence-electron chi connectivity index (χ1n) is 5.34. The highest BCUT2D eigenvalue weighted by molar-refractivity contribution is 6.00. The van der Waals surface area contributed by atoms with Gasteiger partial charge in [0.1, 0.15) is 0 Å². The third-order valence-corrected chi connectivity index (χ3v) is 2.53. The van der Waals surface area contributed by atoms with Crippen LogP contribution in [0.15, 0.2) is 12.7 Å². The minimum atomic E-state index is -0.220. The average molecular weight is 210 g/mol. The maximum Gasteiger partial charge on any atom is 0.243 e. The normalized spacial score (nSPS) is 23.4. The lowest BCUT2D eigenvalue weighted by molar-refractivity contribution is -0.134. The number of carbonyl (C=O) groups excluding carboxylic acids is 2. The Morgan fingerprint density at radius 2 is 2.40 bits per heavy atom. The van der Waals surface area contributed by atoms with Crippen LogP contribution in [-0.4, -0.2) is 23.9 Å². The van der Waals surface area contributed by atoms with Crippen molar-refractivity contribution in [3.05, 3.63) is 12.7 Å². The smallest absolute Gasteiger partial charge is 0.243 e. The van der Waals surface area contributed by atoms with Gasteiger partial charge in [0.2, 0.25) is 11.8 Å². The predicted molar refractivity (Wildman–Crippen MR) is 58.2 cm³/mol. The second-order valence-corrected chi connectivity index (χ2v) is 3.94. The van der Waals surface area contributed by atoms with Crippen molar-refractivity contribution < 1.29 is 9.59 Å². The lowest BCUT2D eigenvalue weighted by Crippen LogP contribution is -2.52. The summed E-state index contributed by atoms with van der Waals surface area (Å²) in [6.07, 6.45) is 4.78. The molecule has 0 aromatic heterocycles. The zero-order valence-electron chi connectivity index (χ0n) is 9.08. The fourth-order valence-electron chi connectivity index (χ4n) is 1.65. The molecule has 4 heteroatoms. The van der Waals surface area contributed by atoms with E-state index >= 15 is 0 Å². The highest BCUT2D eigenvalue weighted by atomic mass is 16.2. The third kappa shape index (κ3) is 3.83. The summed E-state index contributed by atoms with van der Waals surface area (Å²) in [5.74, 6) is -0.367. The van der Waals surface area contributed by atoms with E-state index in [1.165, 1.54) is 0 Å². The molecule has 2 N–H and O–H groups in total. The van der Waals surface area contributed by atoms with Gasteiger partial charge in [-0.15, -0.1) is 6.58 Å². The Labute approximate surface area is 90.1 Å². The first kappa shape index (κ1) is 11.9. The van der Waals surface area contributed by atoms with Gasteiger partial charge in [-0.1, -0.05) is 6.08 Å². The highest BCUT2D eigenvalue weighted by Gasteiger charge is 2.26. The molecule has 2 amide bonds. The summed E-state index contributed by atoms with van der Waals surface area (Å²) in [5.41, 5.74) is 0. The van der Waals surface area contributed by atoms with E-state index in [1.54, 1.807) is 0 Å². The van der Waals surface area contributed by atoms with Gasteiger partial charge in [0.15, 0.2) is 0 Å². The van der Waals surface area contributed by atoms with Gasteiger partial charge in [0.25, 0.3) is 0 Å². The molecule has 1 rings (SSSR count). The number of hydrogen-bond acceptors (Lipinski definition) is 3. The number of imide groups is 1. The van der Waals surface area contributed by atoms with Gasteiger partial charge in [-0.3, -0.25) is 14.9 Å². The van der Waals surface area contributed by atoms with E-state index in [2.05, 4.69) is 17.2 Å². The second-order valence-electron chi connectivity index (χ2n) is 3.94. The van der Waals surface area contributed by atoms with Crippen molar-refractivity contribution in [1.82, 2.24) is 10.6 Å². The fraction of sp³-hybridized carbons (Fsp3) is 0.636. The molecule has 84 valence electrons. The van der Waals surface area contributed by atoms with Crippen LogP contribution in [0.1, 0.15) is 32.6 Å². The number of allylic oxidation sites excluding steroid dienone is 1. The zero-order valence-corrected chi connectivity index (χ0v) is 9.08. The van der Waals surface area contributed by atoms with Gasteiger partial charge in [-0.25, -0.2) is 0 Å². The molecule has 15 heavy (non-hydrogen) atoms. The van der Waals surface area contributed by atoms with Crippen LogP contribution >= 0.6 is 0 Å². The lowest BCUT2D eigenvalue weighted by Gasteiger charge is -2.25. The standard InChI is InChI=1S/C11H18N2O2/c1-3-4-5-8(2)12-9-6-7-10(14)13-11(9)15/h3,8-9,12H,1,4-7H2,2H3,(H,13,14,15). The van der Waals surface area contributed by atoms with E-state index in [-0.39, 0.29) is 23.9 Å². The van der Waals surface area contributed by atoms with Crippen molar-refractivity contribution in [1.29, 1.82) is 0 Å². The van der Waals surface area contributed by atoms with Crippen molar-refractivity contribution in [3.63, 3.8) is 0 Å². The minimum Gasteiger partial charge on any atom is -0.303 e. The van der Waals surface area contributed by atoms with Crippen LogP contribution in [0, 0.1) is 0 Å². The molecule has 1 aliphatic heterocycles. The Kier molecular flexibility index (Phi) is 4.49. The average Bonchev–Trinajstić information content (AvgIpc) is 2.19. The SMILES string of the molecule is C=CCCC(C)NC1CCC(=O)NC1=O. The number of amides is 2. The third-order valence-electron chi connectivity index (χ3n) is 2.53. The molecule has 1 aliphatic rings. The fourth-order valence-corrected chi connectivity index (χ4v) is 1.65. The number of hydrogen-bond donors (Lipinski definition) is 2. The van der Waals surface area contributed by atoms with Crippen LogP contribution < -0.4 is 10.6 Å². The molecule has 1 heterocycles.